The summed E-state index contributed by atoms with van der Waals surface area (Å²) in [5.41, 5.74) is 0.405. The Kier molecular flexibility index (Phi) is 9.77. The standard InChI is InChI=1S/C17H33N3O2.HI/c1-4-18-16(20-9-7-17(2,3)14-20)19-8-5-10-21-12-15-6-11-22-13-15;/h15H,4-14H2,1-3H3,(H,18,19);1H. The lowest BCUT2D eigenvalue weighted by atomic mass is 9.93. The summed E-state index contributed by atoms with van der Waals surface area (Å²) >= 11 is 0. The molecule has 2 aliphatic heterocycles. The van der Waals surface area contributed by atoms with Crippen molar-refractivity contribution in [3.8, 4) is 0 Å². The number of rotatable bonds is 7. The molecule has 2 saturated heterocycles. The molecule has 6 heteroatoms. The van der Waals surface area contributed by atoms with Gasteiger partial charge in [-0.05, 0) is 31.6 Å². The van der Waals surface area contributed by atoms with E-state index in [9.17, 15) is 0 Å². The van der Waals surface area contributed by atoms with Gasteiger partial charge in [-0.25, -0.2) is 0 Å². The van der Waals surface area contributed by atoms with Crippen LogP contribution in [0, 0.1) is 11.3 Å². The fourth-order valence-electron chi connectivity index (χ4n) is 3.04. The summed E-state index contributed by atoms with van der Waals surface area (Å²) in [5.74, 6) is 1.67. The second-order valence-corrected chi connectivity index (χ2v) is 7.23. The average Bonchev–Trinajstić information content (AvgIpc) is 3.10. The zero-order chi connectivity index (χ0) is 15.8. The fourth-order valence-corrected chi connectivity index (χ4v) is 3.04. The Bertz CT molecular complexity index is 358. The number of likely N-dealkylation sites (tertiary alicyclic amines) is 1. The smallest absolute Gasteiger partial charge is 0.193 e. The van der Waals surface area contributed by atoms with Crippen molar-refractivity contribution < 1.29 is 9.47 Å². The van der Waals surface area contributed by atoms with Gasteiger partial charge in [-0.3, -0.25) is 4.99 Å². The van der Waals surface area contributed by atoms with Crippen molar-refractivity contribution in [2.24, 2.45) is 16.3 Å². The number of halogens is 1. The van der Waals surface area contributed by atoms with Gasteiger partial charge >= 0.3 is 0 Å². The third kappa shape index (κ3) is 7.56. The fraction of sp³-hybridized carbons (Fsp3) is 0.941. The first-order valence-electron chi connectivity index (χ1n) is 8.79. The highest BCUT2D eigenvalue weighted by Crippen LogP contribution is 2.28. The first kappa shape index (κ1) is 21.0. The van der Waals surface area contributed by atoms with Gasteiger partial charge in [-0.15, -0.1) is 24.0 Å². The van der Waals surface area contributed by atoms with Crippen LogP contribution in [0.3, 0.4) is 0 Å². The number of ether oxygens (including phenoxy) is 2. The van der Waals surface area contributed by atoms with Gasteiger partial charge in [-0.2, -0.15) is 0 Å². The van der Waals surface area contributed by atoms with Crippen LogP contribution in [0.5, 0.6) is 0 Å². The molecule has 2 aliphatic rings. The van der Waals surface area contributed by atoms with E-state index in [0.717, 1.165) is 71.4 Å². The van der Waals surface area contributed by atoms with Gasteiger partial charge in [0.2, 0.25) is 0 Å². The molecule has 1 unspecified atom stereocenters. The van der Waals surface area contributed by atoms with Gasteiger partial charge < -0.3 is 19.7 Å². The highest BCUT2D eigenvalue weighted by atomic mass is 127. The van der Waals surface area contributed by atoms with E-state index in [1.807, 2.05) is 0 Å². The lowest BCUT2D eigenvalue weighted by Crippen LogP contribution is -2.40. The van der Waals surface area contributed by atoms with Crippen LogP contribution in [0.15, 0.2) is 4.99 Å². The first-order valence-corrected chi connectivity index (χ1v) is 8.79. The maximum Gasteiger partial charge on any atom is 0.193 e. The Labute approximate surface area is 158 Å². The lowest BCUT2D eigenvalue weighted by molar-refractivity contribution is 0.0893. The van der Waals surface area contributed by atoms with Gasteiger partial charge in [0.15, 0.2) is 5.96 Å². The second kappa shape index (κ2) is 10.7. The Balaban J connectivity index is 0.00000264. The van der Waals surface area contributed by atoms with Gasteiger partial charge in [0.05, 0.1) is 13.2 Å². The maximum absolute atomic E-state index is 5.73. The predicted octanol–water partition coefficient (Wildman–Crippen LogP) is 2.75. The van der Waals surface area contributed by atoms with E-state index in [4.69, 9.17) is 14.5 Å². The van der Waals surface area contributed by atoms with Crippen LogP contribution in [-0.2, 0) is 9.47 Å². The molecule has 0 aliphatic carbocycles. The molecule has 2 heterocycles. The number of guanidine groups is 1. The summed E-state index contributed by atoms with van der Waals surface area (Å²) in [6.45, 7) is 14.2. The molecule has 1 N–H and O–H groups in total. The van der Waals surface area contributed by atoms with Gasteiger partial charge in [0, 0.05) is 45.3 Å². The van der Waals surface area contributed by atoms with Gasteiger partial charge in [-0.1, -0.05) is 13.8 Å². The summed E-state index contributed by atoms with van der Waals surface area (Å²) in [5, 5.41) is 3.42. The molecule has 1 atom stereocenters. The van der Waals surface area contributed by atoms with E-state index in [-0.39, 0.29) is 24.0 Å². The van der Waals surface area contributed by atoms with Crippen molar-refractivity contribution in [2.75, 3.05) is 52.6 Å². The van der Waals surface area contributed by atoms with Crippen molar-refractivity contribution in [1.82, 2.24) is 10.2 Å². The molecule has 0 amide bonds. The van der Waals surface area contributed by atoms with Crippen LogP contribution < -0.4 is 5.32 Å². The van der Waals surface area contributed by atoms with E-state index in [1.165, 1.54) is 6.42 Å². The second-order valence-electron chi connectivity index (χ2n) is 7.23. The van der Waals surface area contributed by atoms with Crippen LogP contribution in [0.4, 0.5) is 0 Å². The number of hydrogen-bond donors (Lipinski definition) is 1. The van der Waals surface area contributed by atoms with Crippen molar-refractivity contribution >= 4 is 29.9 Å². The molecule has 0 saturated carbocycles. The van der Waals surface area contributed by atoms with Crippen LogP contribution in [0.25, 0.3) is 0 Å². The predicted molar refractivity (Wildman–Crippen MR) is 106 cm³/mol. The quantitative estimate of drug-likeness (QED) is 0.287. The topological polar surface area (TPSA) is 46.1 Å². The van der Waals surface area contributed by atoms with E-state index < -0.39 is 0 Å². The molecular formula is C17H34IN3O2. The van der Waals surface area contributed by atoms with Crippen molar-refractivity contribution in [2.45, 2.75) is 40.0 Å². The van der Waals surface area contributed by atoms with E-state index in [1.54, 1.807) is 0 Å². The molecule has 0 aromatic carbocycles. The molecule has 5 nitrogen and oxygen atoms in total. The Morgan fingerprint density at radius 1 is 1.43 bits per heavy atom. The third-order valence-corrected chi connectivity index (χ3v) is 4.40. The Morgan fingerprint density at radius 3 is 2.87 bits per heavy atom. The molecule has 23 heavy (non-hydrogen) atoms. The minimum atomic E-state index is 0. The molecule has 2 rings (SSSR count). The van der Waals surface area contributed by atoms with E-state index in [0.29, 0.717) is 11.3 Å². The van der Waals surface area contributed by atoms with Gasteiger partial charge in [0.1, 0.15) is 0 Å². The summed E-state index contributed by atoms with van der Waals surface area (Å²) in [6.07, 6.45) is 3.37. The largest absolute Gasteiger partial charge is 0.381 e. The summed E-state index contributed by atoms with van der Waals surface area (Å²) < 4.78 is 11.1. The average molecular weight is 439 g/mol. The third-order valence-electron chi connectivity index (χ3n) is 4.40. The van der Waals surface area contributed by atoms with Crippen molar-refractivity contribution in [3.05, 3.63) is 0 Å². The number of nitrogens with zero attached hydrogens (tertiary/aromatic N) is 2. The van der Waals surface area contributed by atoms with E-state index in [2.05, 4.69) is 31.0 Å². The van der Waals surface area contributed by atoms with E-state index >= 15 is 0 Å². The van der Waals surface area contributed by atoms with Crippen LogP contribution in [-0.4, -0.2) is 63.5 Å². The Hall–Kier alpha value is -0.0800. The molecule has 0 aromatic rings. The zero-order valence-electron chi connectivity index (χ0n) is 15.0. The molecule has 0 aromatic heterocycles. The SMILES string of the molecule is CCNC(=NCCCOCC1CCOC1)N1CCC(C)(C)C1.I. The van der Waals surface area contributed by atoms with Gasteiger partial charge in [0.25, 0.3) is 0 Å². The minimum Gasteiger partial charge on any atom is -0.381 e. The highest BCUT2D eigenvalue weighted by Gasteiger charge is 2.30. The molecule has 0 bridgehead atoms. The zero-order valence-corrected chi connectivity index (χ0v) is 17.3. The summed E-state index contributed by atoms with van der Waals surface area (Å²) in [6, 6.07) is 0. The number of nitrogens with one attached hydrogen (secondary N) is 1. The molecule has 2 fully saturated rings. The number of aliphatic imine (C=N–C) groups is 1. The maximum atomic E-state index is 5.73. The highest BCUT2D eigenvalue weighted by molar-refractivity contribution is 14.0. The Morgan fingerprint density at radius 2 is 2.26 bits per heavy atom. The van der Waals surface area contributed by atoms with Crippen LogP contribution in [0.2, 0.25) is 0 Å². The lowest BCUT2D eigenvalue weighted by Gasteiger charge is -2.23. The van der Waals surface area contributed by atoms with Crippen LogP contribution >= 0.6 is 24.0 Å². The molecule has 0 radical (unpaired) electrons. The normalized spacial score (nSPS) is 23.9. The summed E-state index contributed by atoms with van der Waals surface area (Å²) in [7, 11) is 0. The molecule has 0 spiro atoms. The molecular weight excluding hydrogens is 405 g/mol. The molecule has 136 valence electrons. The summed E-state index contributed by atoms with van der Waals surface area (Å²) in [4.78, 5) is 7.15. The van der Waals surface area contributed by atoms with Crippen molar-refractivity contribution in [3.63, 3.8) is 0 Å². The van der Waals surface area contributed by atoms with Crippen LogP contribution in [0.1, 0.15) is 40.0 Å². The first-order chi connectivity index (χ1) is 10.6. The monoisotopic (exact) mass is 439 g/mol. The minimum absolute atomic E-state index is 0. The van der Waals surface area contributed by atoms with Crippen molar-refractivity contribution in [1.29, 1.82) is 0 Å². The number of hydrogen-bond acceptors (Lipinski definition) is 3.